The highest BCUT2D eigenvalue weighted by Gasteiger charge is 2.31. The third-order valence-electron chi connectivity index (χ3n) is 3.26. The van der Waals surface area contributed by atoms with E-state index in [2.05, 4.69) is 4.72 Å². The summed E-state index contributed by atoms with van der Waals surface area (Å²) in [4.78, 5) is -0.0553. The number of benzene rings is 1. The van der Waals surface area contributed by atoms with E-state index >= 15 is 0 Å². The van der Waals surface area contributed by atoms with Gasteiger partial charge in [-0.1, -0.05) is 11.6 Å². The van der Waals surface area contributed by atoms with Gasteiger partial charge in [0.05, 0.1) is 11.1 Å². The summed E-state index contributed by atoms with van der Waals surface area (Å²) in [5.74, 6) is 0.209. The summed E-state index contributed by atoms with van der Waals surface area (Å²) in [6.45, 7) is 1.75. The van der Waals surface area contributed by atoms with Gasteiger partial charge in [-0.15, -0.1) is 0 Å². The normalized spacial score (nSPS) is 17.4. The Labute approximate surface area is 117 Å². The number of nitrogens with two attached hydrogens (primary N) is 1. The molecule has 1 aliphatic rings. The van der Waals surface area contributed by atoms with E-state index in [-0.39, 0.29) is 22.4 Å². The van der Waals surface area contributed by atoms with Crippen molar-refractivity contribution >= 4 is 27.3 Å². The van der Waals surface area contributed by atoms with Crippen molar-refractivity contribution in [2.45, 2.75) is 30.8 Å². The summed E-state index contributed by atoms with van der Waals surface area (Å²) in [5.41, 5.74) is 6.79. The fraction of sp³-hybridized carbons (Fsp3) is 0.500. The summed E-state index contributed by atoms with van der Waals surface area (Å²) in [7, 11) is -3.75. The first-order chi connectivity index (χ1) is 8.81. The largest absolute Gasteiger partial charge is 0.398 e. The standard InChI is InChI=1S/C12H17ClN2O3S/c1-7-4-9(13)12(5-10(7)14)19(17,18)15-6-11(16)8-2-3-8/h4-5,8,11,15-16H,2-3,6,14H2,1H3. The highest BCUT2D eigenvalue weighted by Crippen LogP contribution is 2.32. The average Bonchev–Trinajstić information content (AvgIpc) is 3.14. The fourth-order valence-corrected chi connectivity index (χ4v) is 3.46. The lowest BCUT2D eigenvalue weighted by Crippen LogP contribution is -2.33. The van der Waals surface area contributed by atoms with E-state index in [9.17, 15) is 13.5 Å². The zero-order valence-electron chi connectivity index (χ0n) is 10.6. The van der Waals surface area contributed by atoms with Crippen molar-refractivity contribution in [1.29, 1.82) is 0 Å². The van der Waals surface area contributed by atoms with Gasteiger partial charge in [0.25, 0.3) is 0 Å². The summed E-state index contributed by atoms with van der Waals surface area (Å²) in [5, 5.41) is 9.81. The molecular formula is C12H17ClN2O3S. The highest BCUT2D eigenvalue weighted by atomic mass is 35.5. The quantitative estimate of drug-likeness (QED) is 0.715. The lowest BCUT2D eigenvalue weighted by Gasteiger charge is -2.13. The molecule has 1 aliphatic carbocycles. The van der Waals surface area contributed by atoms with Crippen molar-refractivity contribution < 1.29 is 13.5 Å². The van der Waals surface area contributed by atoms with Crippen LogP contribution in [0.3, 0.4) is 0 Å². The minimum atomic E-state index is -3.75. The molecule has 0 spiro atoms. The van der Waals surface area contributed by atoms with Gasteiger partial charge in [-0.2, -0.15) is 0 Å². The molecule has 0 saturated heterocycles. The van der Waals surface area contributed by atoms with Gasteiger partial charge < -0.3 is 10.8 Å². The van der Waals surface area contributed by atoms with Gasteiger partial charge in [-0.05, 0) is 43.4 Å². The van der Waals surface area contributed by atoms with Crippen LogP contribution in [0.1, 0.15) is 18.4 Å². The van der Waals surface area contributed by atoms with Gasteiger partial charge in [0.15, 0.2) is 0 Å². The number of hydrogen-bond donors (Lipinski definition) is 3. The molecule has 5 nitrogen and oxygen atoms in total. The van der Waals surface area contributed by atoms with Crippen molar-refractivity contribution in [3.8, 4) is 0 Å². The van der Waals surface area contributed by atoms with Crippen LogP contribution in [0.5, 0.6) is 0 Å². The van der Waals surface area contributed by atoms with Crippen LogP contribution in [0.25, 0.3) is 0 Å². The van der Waals surface area contributed by atoms with Crippen LogP contribution in [0.15, 0.2) is 17.0 Å². The molecule has 0 aromatic heterocycles. The van der Waals surface area contributed by atoms with Gasteiger partial charge in [0.1, 0.15) is 4.90 Å². The Bertz CT molecular complexity index is 585. The Morgan fingerprint density at radius 3 is 2.74 bits per heavy atom. The number of aliphatic hydroxyl groups is 1. The van der Waals surface area contributed by atoms with Crippen molar-refractivity contribution in [3.05, 3.63) is 22.7 Å². The van der Waals surface area contributed by atoms with Crippen LogP contribution in [0.2, 0.25) is 5.02 Å². The molecular weight excluding hydrogens is 288 g/mol. The maximum atomic E-state index is 12.1. The van der Waals surface area contributed by atoms with Crippen molar-refractivity contribution in [2.24, 2.45) is 5.92 Å². The van der Waals surface area contributed by atoms with E-state index in [4.69, 9.17) is 17.3 Å². The minimum Gasteiger partial charge on any atom is -0.398 e. The molecule has 19 heavy (non-hydrogen) atoms. The molecule has 1 unspecified atom stereocenters. The van der Waals surface area contributed by atoms with E-state index in [1.807, 2.05) is 0 Å². The predicted octanol–water partition coefficient (Wildman–Crippen LogP) is 1.28. The summed E-state index contributed by atoms with van der Waals surface area (Å²) >= 11 is 5.94. The summed E-state index contributed by atoms with van der Waals surface area (Å²) in [6, 6.07) is 2.85. The van der Waals surface area contributed by atoms with Crippen molar-refractivity contribution in [1.82, 2.24) is 4.72 Å². The lowest BCUT2D eigenvalue weighted by molar-refractivity contribution is 0.155. The first-order valence-electron chi connectivity index (χ1n) is 6.04. The molecule has 1 saturated carbocycles. The number of anilines is 1. The number of rotatable bonds is 5. The van der Waals surface area contributed by atoms with Crippen LogP contribution in [-0.4, -0.2) is 26.2 Å². The molecule has 1 aromatic rings. The third kappa shape index (κ3) is 3.39. The van der Waals surface area contributed by atoms with Crippen LogP contribution in [0.4, 0.5) is 5.69 Å². The number of hydrogen-bond acceptors (Lipinski definition) is 4. The van der Waals surface area contributed by atoms with Gasteiger partial charge in [0.2, 0.25) is 10.0 Å². The predicted molar refractivity (Wildman–Crippen MR) is 74.5 cm³/mol. The molecule has 1 fully saturated rings. The van der Waals surface area contributed by atoms with E-state index in [0.29, 0.717) is 5.69 Å². The van der Waals surface area contributed by atoms with Crippen LogP contribution < -0.4 is 10.5 Å². The Hall–Kier alpha value is -0.820. The summed E-state index contributed by atoms with van der Waals surface area (Å²) < 4.78 is 26.6. The fourth-order valence-electron chi connectivity index (χ4n) is 1.80. The zero-order chi connectivity index (χ0) is 14.2. The van der Waals surface area contributed by atoms with Gasteiger partial charge in [0, 0.05) is 12.2 Å². The van der Waals surface area contributed by atoms with E-state index in [0.717, 1.165) is 18.4 Å². The Morgan fingerprint density at radius 2 is 2.16 bits per heavy atom. The Morgan fingerprint density at radius 1 is 1.53 bits per heavy atom. The molecule has 0 heterocycles. The van der Waals surface area contributed by atoms with Gasteiger partial charge in [-0.25, -0.2) is 13.1 Å². The first kappa shape index (κ1) is 14.6. The smallest absolute Gasteiger partial charge is 0.242 e. The number of nitrogens with one attached hydrogen (secondary N) is 1. The van der Waals surface area contributed by atoms with Crippen LogP contribution in [0, 0.1) is 12.8 Å². The molecule has 0 bridgehead atoms. The minimum absolute atomic E-state index is 0.00287. The van der Waals surface area contributed by atoms with Crippen molar-refractivity contribution in [2.75, 3.05) is 12.3 Å². The first-order valence-corrected chi connectivity index (χ1v) is 7.90. The molecule has 0 aliphatic heterocycles. The molecule has 0 amide bonds. The second-order valence-electron chi connectivity index (χ2n) is 4.90. The van der Waals surface area contributed by atoms with Gasteiger partial charge in [-0.3, -0.25) is 0 Å². The maximum absolute atomic E-state index is 12.1. The molecule has 1 aromatic carbocycles. The Kier molecular flexibility index (Phi) is 4.06. The molecule has 2 rings (SSSR count). The molecule has 7 heteroatoms. The molecule has 4 N–H and O–H groups in total. The number of sulfonamides is 1. The van der Waals surface area contributed by atoms with E-state index in [1.165, 1.54) is 12.1 Å². The highest BCUT2D eigenvalue weighted by molar-refractivity contribution is 7.89. The van der Waals surface area contributed by atoms with Crippen LogP contribution >= 0.6 is 11.6 Å². The molecule has 0 radical (unpaired) electrons. The lowest BCUT2D eigenvalue weighted by atomic mass is 10.2. The number of aryl methyl sites for hydroxylation is 1. The SMILES string of the molecule is Cc1cc(Cl)c(S(=O)(=O)NCC(O)C2CC2)cc1N. The topological polar surface area (TPSA) is 92.4 Å². The number of aliphatic hydroxyl groups excluding tert-OH is 1. The molecule has 1 atom stereocenters. The second-order valence-corrected chi connectivity index (χ2v) is 7.04. The van der Waals surface area contributed by atoms with E-state index in [1.54, 1.807) is 6.92 Å². The zero-order valence-corrected chi connectivity index (χ0v) is 12.1. The van der Waals surface area contributed by atoms with Crippen LogP contribution in [-0.2, 0) is 10.0 Å². The second kappa shape index (κ2) is 5.28. The summed E-state index contributed by atoms with van der Waals surface area (Å²) in [6.07, 6.45) is 1.25. The monoisotopic (exact) mass is 304 g/mol. The van der Waals surface area contributed by atoms with Crippen molar-refractivity contribution in [3.63, 3.8) is 0 Å². The van der Waals surface area contributed by atoms with Gasteiger partial charge >= 0.3 is 0 Å². The average molecular weight is 305 g/mol. The Balaban J connectivity index is 2.16. The van der Waals surface area contributed by atoms with E-state index < -0.39 is 16.1 Å². The molecule has 106 valence electrons. The number of halogens is 1. The third-order valence-corrected chi connectivity index (χ3v) is 5.15. The maximum Gasteiger partial charge on any atom is 0.242 e. The number of nitrogen functional groups attached to an aromatic ring is 1.